The molecule has 0 atom stereocenters. The third-order valence-corrected chi connectivity index (χ3v) is 2.36. The van der Waals surface area contributed by atoms with Crippen molar-refractivity contribution in [1.82, 2.24) is 5.48 Å². The van der Waals surface area contributed by atoms with E-state index < -0.39 is 0 Å². The quantitative estimate of drug-likeness (QED) is 0.740. The summed E-state index contributed by atoms with van der Waals surface area (Å²) < 4.78 is 0. The lowest BCUT2D eigenvalue weighted by molar-refractivity contribution is 0.239. The molecular formula is C15H15NO. The summed E-state index contributed by atoms with van der Waals surface area (Å²) in [5.74, 6) is 0.880. The van der Waals surface area contributed by atoms with Crippen LogP contribution in [0.15, 0.2) is 60.8 Å². The molecule has 1 aliphatic heterocycles. The van der Waals surface area contributed by atoms with E-state index in [1.807, 2.05) is 48.5 Å². The van der Waals surface area contributed by atoms with Gasteiger partial charge in [0.05, 0.1) is 0 Å². The number of hydroxylamine groups is 1. The van der Waals surface area contributed by atoms with E-state index in [-0.39, 0.29) is 0 Å². The monoisotopic (exact) mass is 225 g/mol. The van der Waals surface area contributed by atoms with Gasteiger partial charge in [0.15, 0.2) is 5.75 Å². The summed E-state index contributed by atoms with van der Waals surface area (Å²) in [5.41, 5.74) is 5.09. The lowest BCUT2D eigenvalue weighted by Crippen LogP contribution is -2.13. The van der Waals surface area contributed by atoms with Crippen molar-refractivity contribution in [2.75, 3.05) is 0 Å². The molecule has 2 aromatic carbocycles. The zero-order chi connectivity index (χ0) is 11.9. The van der Waals surface area contributed by atoms with Crippen molar-refractivity contribution in [3.8, 4) is 5.75 Å². The molecule has 0 aliphatic carbocycles. The van der Waals surface area contributed by atoms with Crippen LogP contribution in [0.5, 0.6) is 5.75 Å². The summed E-state index contributed by atoms with van der Waals surface area (Å²) in [6.07, 6.45) is 3.74. The minimum atomic E-state index is 0.880. The highest BCUT2D eigenvalue weighted by atomic mass is 16.6. The molecule has 0 unspecified atom stereocenters. The molecule has 1 N–H and O–H groups in total. The molecule has 86 valence electrons. The minimum absolute atomic E-state index is 0.880. The third-order valence-electron chi connectivity index (χ3n) is 2.36. The SMILES string of the molecule is C1=Cc2ccccc2ON1.Cc1ccccc1. The van der Waals surface area contributed by atoms with Crippen molar-refractivity contribution >= 4 is 6.08 Å². The average molecular weight is 225 g/mol. The number of benzene rings is 2. The van der Waals surface area contributed by atoms with E-state index in [0.717, 1.165) is 11.3 Å². The van der Waals surface area contributed by atoms with Crippen molar-refractivity contribution in [2.45, 2.75) is 6.92 Å². The van der Waals surface area contributed by atoms with E-state index >= 15 is 0 Å². The Morgan fingerprint density at radius 2 is 1.59 bits per heavy atom. The van der Waals surface area contributed by atoms with Gasteiger partial charge in [-0.15, -0.1) is 0 Å². The van der Waals surface area contributed by atoms with Crippen molar-refractivity contribution in [2.24, 2.45) is 0 Å². The molecule has 0 saturated heterocycles. The number of hydrogen-bond acceptors (Lipinski definition) is 2. The van der Waals surface area contributed by atoms with Crippen molar-refractivity contribution in [3.63, 3.8) is 0 Å². The molecule has 2 heteroatoms. The first-order valence-electron chi connectivity index (χ1n) is 5.56. The van der Waals surface area contributed by atoms with Crippen LogP contribution in [0, 0.1) is 6.92 Å². The Morgan fingerprint density at radius 3 is 2.24 bits per heavy atom. The van der Waals surface area contributed by atoms with Gasteiger partial charge < -0.3 is 4.84 Å². The number of hydrogen-bond donors (Lipinski definition) is 1. The second-order valence-electron chi connectivity index (χ2n) is 3.75. The van der Waals surface area contributed by atoms with Gasteiger partial charge in [0.2, 0.25) is 0 Å². The number of nitrogens with one attached hydrogen (secondary N) is 1. The first-order chi connectivity index (χ1) is 8.36. The summed E-state index contributed by atoms with van der Waals surface area (Å²) >= 11 is 0. The maximum absolute atomic E-state index is 5.09. The van der Waals surface area contributed by atoms with Gasteiger partial charge in [0, 0.05) is 11.8 Å². The molecule has 0 aromatic heterocycles. The first kappa shape index (κ1) is 11.3. The van der Waals surface area contributed by atoms with Crippen LogP contribution in [0.2, 0.25) is 0 Å². The number of aryl methyl sites for hydroxylation is 1. The summed E-state index contributed by atoms with van der Waals surface area (Å²) in [5, 5.41) is 0. The standard InChI is InChI=1S/C8H7NO.C7H8/c1-2-4-8-7(3-1)5-6-9-10-8;1-7-5-3-2-4-6-7/h1-6,9H;2-6H,1H3. The molecule has 0 saturated carbocycles. The van der Waals surface area contributed by atoms with Crippen LogP contribution in [-0.2, 0) is 0 Å². The Labute approximate surface area is 102 Å². The summed E-state index contributed by atoms with van der Waals surface area (Å²) in [6.45, 7) is 2.08. The van der Waals surface area contributed by atoms with E-state index in [0.29, 0.717) is 0 Å². The molecular weight excluding hydrogens is 210 g/mol. The Morgan fingerprint density at radius 1 is 0.882 bits per heavy atom. The third kappa shape index (κ3) is 3.38. The van der Waals surface area contributed by atoms with Gasteiger partial charge in [-0.25, -0.2) is 5.48 Å². The highest BCUT2D eigenvalue weighted by Crippen LogP contribution is 2.20. The molecule has 0 radical (unpaired) electrons. The van der Waals surface area contributed by atoms with Crippen LogP contribution in [0.4, 0.5) is 0 Å². The Balaban J connectivity index is 0.000000136. The van der Waals surface area contributed by atoms with Gasteiger partial charge in [-0.3, -0.25) is 0 Å². The fourth-order valence-corrected chi connectivity index (χ4v) is 1.47. The van der Waals surface area contributed by atoms with Crippen LogP contribution in [0.3, 0.4) is 0 Å². The largest absolute Gasteiger partial charge is 0.382 e. The second kappa shape index (κ2) is 5.75. The average Bonchev–Trinajstić information content (AvgIpc) is 2.41. The van der Waals surface area contributed by atoms with Gasteiger partial charge in [-0.1, -0.05) is 54.1 Å². The maximum atomic E-state index is 5.09. The van der Waals surface area contributed by atoms with Gasteiger partial charge in [-0.05, 0) is 19.1 Å². The Hall–Kier alpha value is -2.22. The highest BCUT2D eigenvalue weighted by Gasteiger charge is 2.01. The minimum Gasteiger partial charge on any atom is -0.382 e. The molecule has 17 heavy (non-hydrogen) atoms. The number of fused-ring (bicyclic) bond motifs is 1. The van der Waals surface area contributed by atoms with Gasteiger partial charge in [0.1, 0.15) is 0 Å². The fourth-order valence-electron chi connectivity index (χ4n) is 1.47. The molecule has 2 nitrogen and oxygen atoms in total. The zero-order valence-electron chi connectivity index (χ0n) is 9.76. The van der Waals surface area contributed by atoms with Gasteiger partial charge in [0.25, 0.3) is 0 Å². The Kier molecular flexibility index (Phi) is 3.81. The van der Waals surface area contributed by atoms with Crippen molar-refractivity contribution in [1.29, 1.82) is 0 Å². The van der Waals surface area contributed by atoms with Crippen LogP contribution in [-0.4, -0.2) is 0 Å². The van der Waals surface area contributed by atoms with Crippen LogP contribution < -0.4 is 10.3 Å². The van der Waals surface area contributed by atoms with E-state index in [9.17, 15) is 0 Å². The maximum Gasteiger partial charge on any atom is 0.162 e. The zero-order valence-corrected chi connectivity index (χ0v) is 9.76. The number of rotatable bonds is 0. The first-order valence-corrected chi connectivity index (χ1v) is 5.56. The molecule has 3 rings (SSSR count). The van der Waals surface area contributed by atoms with E-state index in [1.165, 1.54) is 5.56 Å². The Bertz CT molecular complexity index is 491. The summed E-state index contributed by atoms with van der Waals surface area (Å²) in [7, 11) is 0. The van der Waals surface area contributed by atoms with Gasteiger partial charge >= 0.3 is 0 Å². The van der Waals surface area contributed by atoms with Crippen molar-refractivity contribution < 1.29 is 4.84 Å². The molecule has 1 heterocycles. The predicted octanol–water partition coefficient (Wildman–Crippen LogP) is 3.55. The van der Waals surface area contributed by atoms with E-state index in [2.05, 4.69) is 24.5 Å². The molecule has 0 spiro atoms. The predicted molar refractivity (Wildman–Crippen MR) is 70.4 cm³/mol. The van der Waals surface area contributed by atoms with Gasteiger partial charge in [-0.2, -0.15) is 0 Å². The molecule has 1 aliphatic rings. The normalized spacial score (nSPS) is 11.4. The number of para-hydroxylation sites is 1. The van der Waals surface area contributed by atoms with Crippen molar-refractivity contribution in [3.05, 3.63) is 71.9 Å². The molecule has 0 bridgehead atoms. The summed E-state index contributed by atoms with van der Waals surface area (Å²) in [4.78, 5) is 5.09. The second-order valence-corrected chi connectivity index (χ2v) is 3.75. The van der Waals surface area contributed by atoms with Crippen LogP contribution in [0.25, 0.3) is 6.08 Å². The molecule has 0 fully saturated rings. The lowest BCUT2D eigenvalue weighted by atomic mass is 10.2. The fraction of sp³-hybridized carbons (Fsp3) is 0.0667. The van der Waals surface area contributed by atoms with E-state index in [1.54, 1.807) is 6.20 Å². The lowest BCUT2D eigenvalue weighted by Gasteiger charge is -2.11. The van der Waals surface area contributed by atoms with Crippen LogP contribution >= 0.6 is 0 Å². The molecule has 2 aromatic rings. The topological polar surface area (TPSA) is 21.3 Å². The van der Waals surface area contributed by atoms with E-state index in [4.69, 9.17) is 4.84 Å². The molecule has 0 amide bonds. The smallest absolute Gasteiger partial charge is 0.162 e. The highest BCUT2D eigenvalue weighted by molar-refractivity contribution is 5.57. The summed E-state index contributed by atoms with van der Waals surface area (Å²) in [6, 6.07) is 18.1. The van der Waals surface area contributed by atoms with Crippen LogP contribution in [0.1, 0.15) is 11.1 Å².